The highest BCUT2D eigenvalue weighted by molar-refractivity contribution is 7.11. The Hall–Kier alpha value is -0.880. The Labute approximate surface area is 84.0 Å². The van der Waals surface area contributed by atoms with E-state index in [1.54, 1.807) is 0 Å². The molecule has 1 heterocycles. The predicted octanol–water partition coefficient (Wildman–Crippen LogP) is 1.39. The molecule has 0 unspecified atom stereocenters. The van der Waals surface area contributed by atoms with Crippen LogP contribution in [0.1, 0.15) is 10.0 Å². The zero-order valence-electron chi connectivity index (χ0n) is 6.90. The van der Waals surface area contributed by atoms with Gasteiger partial charge in [-0.15, -0.1) is 21.8 Å². The topological polar surface area (TPSA) is 66.3 Å². The highest BCUT2D eigenvalue weighted by Crippen LogP contribution is 2.13. The number of alkyl halides is 1. The summed E-state index contributed by atoms with van der Waals surface area (Å²) in [6.45, 7) is 0.254. The molecule has 1 amide bonds. The molecule has 72 valence electrons. The summed E-state index contributed by atoms with van der Waals surface area (Å²) in [6.07, 6.45) is -0.984. The number of carboxylic acid groups (broad SMARTS) is 1. The molecule has 0 aliphatic heterocycles. The number of nitrogens with zero attached hydrogens (tertiary/aromatic N) is 3. The van der Waals surface area contributed by atoms with Crippen molar-refractivity contribution in [3.8, 4) is 0 Å². The first-order valence-electron chi connectivity index (χ1n) is 3.44. The average molecular weight is 222 g/mol. The standard InChI is InChI=1S/C6H8ClN3O2S/c1-10(6(11)12)3-5-9-8-4(2-7)13-5/h2-3H2,1H3,(H,11,12). The van der Waals surface area contributed by atoms with Crippen molar-refractivity contribution in [1.29, 1.82) is 0 Å². The zero-order valence-corrected chi connectivity index (χ0v) is 8.47. The van der Waals surface area contributed by atoms with E-state index in [9.17, 15) is 4.79 Å². The summed E-state index contributed by atoms with van der Waals surface area (Å²) < 4.78 is 0. The maximum absolute atomic E-state index is 10.4. The van der Waals surface area contributed by atoms with E-state index in [0.717, 1.165) is 4.90 Å². The summed E-state index contributed by atoms with van der Waals surface area (Å²) in [6, 6.07) is 0. The van der Waals surface area contributed by atoms with Gasteiger partial charge in [-0.1, -0.05) is 11.3 Å². The second kappa shape index (κ2) is 4.38. The number of amides is 1. The van der Waals surface area contributed by atoms with E-state index in [2.05, 4.69) is 10.2 Å². The molecule has 0 fully saturated rings. The van der Waals surface area contributed by atoms with Crippen molar-refractivity contribution in [2.75, 3.05) is 7.05 Å². The van der Waals surface area contributed by atoms with Crippen molar-refractivity contribution >= 4 is 29.0 Å². The van der Waals surface area contributed by atoms with Gasteiger partial charge in [0.15, 0.2) is 0 Å². The SMILES string of the molecule is CN(Cc1nnc(CCl)s1)C(=O)O. The van der Waals surface area contributed by atoms with Gasteiger partial charge in [0.2, 0.25) is 0 Å². The number of rotatable bonds is 3. The third-order valence-corrected chi connectivity index (χ3v) is 2.64. The summed E-state index contributed by atoms with van der Waals surface area (Å²) in [7, 11) is 1.48. The molecule has 5 nitrogen and oxygen atoms in total. The van der Waals surface area contributed by atoms with E-state index in [1.165, 1.54) is 18.4 Å². The second-order valence-electron chi connectivity index (χ2n) is 2.36. The van der Waals surface area contributed by atoms with Gasteiger partial charge in [-0.25, -0.2) is 4.79 Å². The van der Waals surface area contributed by atoms with Crippen LogP contribution >= 0.6 is 22.9 Å². The molecular weight excluding hydrogens is 214 g/mol. The first kappa shape index (κ1) is 10.2. The van der Waals surface area contributed by atoms with Gasteiger partial charge in [0.1, 0.15) is 10.0 Å². The largest absolute Gasteiger partial charge is 0.465 e. The Kier molecular flexibility index (Phi) is 3.44. The molecule has 1 aromatic rings. The predicted molar refractivity (Wildman–Crippen MR) is 49.0 cm³/mol. The van der Waals surface area contributed by atoms with Crippen molar-refractivity contribution in [3.63, 3.8) is 0 Å². The lowest BCUT2D eigenvalue weighted by Gasteiger charge is -2.08. The fraction of sp³-hybridized carbons (Fsp3) is 0.500. The van der Waals surface area contributed by atoms with Crippen LogP contribution in [0.4, 0.5) is 4.79 Å². The zero-order chi connectivity index (χ0) is 9.84. The van der Waals surface area contributed by atoms with Gasteiger partial charge >= 0.3 is 6.09 Å². The van der Waals surface area contributed by atoms with Crippen LogP contribution < -0.4 is 0 Å². The molecule has 7 heteroatoms. The fourth-order valence-corrected chi connectivity index (χ4v) is 1.64. The van der Waals surface area contributed by atoms with Crippen molar-refractivity contribution in [2.24, 2.45) is 0 Å². The number of hydrogen-bond donors (Lipinski definition) is 1. The van der Waals surface area contributed by atoms with Gasteiger partial charge in [-0.3, -0.25) is 0 Å². The van der Waals surface area contributed by atoms with Crippen LogP contribution in [-0.4, -0.2) is 33.3 Å². The number of aromatic nitrogens is 2. The van der Waals surface area contributed by atoms with E-state index >= 15 is 0 Å². The fourth-order valence-electron chi connectivity index (χ4n) is 0.677. The highest BCUT2D eigenvalue weighted by Gasteiger charge is 2.09. The van der Waals surface area contributed by atoms with Gasteiger partial charge in [0.25, 0.3) is 0 Å². The van der Waals surface area contributed by atoms with Gasteiger partial charge in [-0.05, 0) is 0 Å². The molecule has 0 atom stereocenters. The molecule has 0 saturated carbocycles. The Balaban J connectivity index is 2.58. The van der Waals surface area contributed by atoms with E-state index in [4.69, 9.17) is 16.7 Å². The molecule has 0 aromatic carbocycles. The van der Waals surface area contributed by atoms with Crippen LogP contribution in [0.15, 0.2) is 0 Å². The maximum Gasteiger partial charge on any atom is 0.407 e. The molecule has 1 rings (SSSR count). The van der Waals surface area contributed by atoms with Gasteiger partial charge in [-0.2, -0.15) is 0 Å². The van der Waals surface area contributed by atoms with Crippen LogP contribution in [0.2, 0.25) is 0 Å². The Morgan fingerprint density at radius 2 is 2.23 bits per heavy atom. The minimum absolute atomic E-state index is 0.254. The lowest BCUT2D eigenvalue weighted by Crippen LogP contribution is -2.23. The van der Waals surface area contributed by atoms with Crippen molar-refractivity contribution in [3.05, 3.63) is 10.0 Å². The van der Waals surface area contributed by atoms with E-state index in [0.29, 0.717) is 15.9 Å². The molecule has 1 N–H and O–H groups in total. The third-order valence-electron chi connectivity index (χ3n) is 1.32. The number of halogens is 1. The smallest absolute Gasteiger partial charge is 0.407 e. The second-order valence-corrected chi connectivity index (χ2v) is 3.78. The summed E-state index contributed by atoms with van der Waals surface area (Å²) in [5, 5.41) is 17.5. The van der Waals surface area contributed by atoms with Crippen LogP contribution in [0, 0.1) is 0 Å². The summed E-state index contributed by atoms with van der Waals surface area (Å²) in [5.74, 6) is 0.314. The van der Waals surface area contributed by atoms with Crippen LogP contribution in [0.25, 0.3) is 0 Å². The summed E-state index contributed by atoms with van der Waals surface area (Å²) in [4.78, 5) is 11.6. The molecule has 1 aromatic heterocycles. The first-order chi connectivity index (χ1) is 6.13. The van der Waals surface area contributed by atoms with E-state index in [1.807, 2.05) is 0 Å². The van der Waals surface area contributed by atoms with Crippen molar-refractivity contribution < 1.29 is 9.90 Å². The lowest BCUT2D eigenvalue weighted by atomic mass is 10.6. The maximum atomic E-state index is 10.4. The lowest BCUT2D eigenvalue weighted by molar-refractivity contribution is 0.153. The van der Waals surface area contributed by atoms with Gasteiger partial charge in [0.05, 0.1) is 12.4 Å². The Bertz CT molecular complexity index is 304. The number of hydrogen-bond acceptors (Lipinski definition) is 4. The molecule has 0 aliphatic carbocycles. The van der Waals surface area contributed by atoms with Gasteiger partial charge in [0, 0.05) is 7.05 Å². The summed E-state index contributed by atoms with van der Waals surface area (Å²) in [5.41, 5.74) is 0. The number of carbonyl (C=O) groups is 1. The normalized spacial score (nSPS) is 10.0. The Morgan fingerprint density at radius 1 is 1.62 bits per heavy atom. The molecular formula is C6H8ClN3O2S. The average Bonchev–Trinajstić information content (AvgIpc) is 2.52. The van der Waals surface area contributed by atoms with E-state index in [-0.39, 0.29) is 6.54 Å². The van der Waals surface area contributed by atoms with E-state index < -0.39 is 6.09 Å². The van der Waals surface area contributed by atoms with Gasteiger partial charge < -0.3 is 10.0 Å². The summed E-state index contributed by atoms with van der Waals surface area (Å²) >= 11 is 6.84. The molecule has 0 aliphatic rings. The molecule has 0 bridgehead atoms. The first-order valence-corrected chi connectivity index (χ1v) is 4.80. The third kappa shape index (κ3) is 2.82. The van der Waals surface area contributed by atoms with Crippen LogP contribution in [-0.2, 0) is 12.4 Å². The minimum Gasteiger partial charge on any atom is -0.465 e. The van der Waals surface area contributed by atoms with Crippen molar-refractivity contribution in [1.82, 2.24) is 15.1 Å². The molecule has 0 saturated heterocycles. The molecule has 13 heavy (non-hydrogen) atoms. The minimum atomic E-state index is -0.984. The van der Waals surface area contributed by atoms with Crippen molar-refractivity contribution in [2.45, 2.75) is 12.4 Å². The monoisotopic (exact) mass is 221 g/mol. The van der Waals surface area contributed by atoms with Crippen LogP contribution in [0.3, 0.4) is 0 Å². The quantitative estimate of drug-likeness (QED) is 0.784. The Morgan fingerprint density at radius 3 is 2.69 bits per heavy atom. The molecule has 0 radical (unpaired) electrons. The molecule has 0 spiro atoms. The highest BCUT2D eigenvalue weighted by atomic mass is 35.5. The van der Waals surface area contributed by atoms with Crippen LogP contribution in [0.5, 0.6) is 0 Å².